The molecule has 0 spiro atoms. The van der Waals surface area contributed by atoms with E-state index in [0.29, 0.717) is 23.4 Å². The zero-order valence-electron chi connectivity index (χ0n) is 11.7. The van der Waals surface area contributed by atoms with E-state index in [-0.39, 0.29) is 18.1 Å². The van der Waals surface area contributed by atoms with Crippen LogP contribution in [0.4, 0.5) is 10.1 Å². The molecule has 106 valence electrons. The monoisotopic (exact) mass is 282 g/mol. The third-order valence-corrected chi connectivity index (χ3v) is 2.82. The molecular weight excluding hydrogens is 267 g/mol. The lowest BCUT2D eigenvalue weighted by Crippen LogP contribution is -2.11. The smallest absolute Gasteiger partial charge is 0.225 e. The quantitative estimate of drug-likeness (QED) is 0.878. The highest BCUT2D eigenvalue weighted by Crippen LogP contribution is 2.15. The Labute approximate surface area is 123 Å². The van der Waals surface area contributed by atoms with Crippen LogP contribution in [0.2, 0.25) is 0 Å². The highest BCUT2D eigenvalue weighted by Gasteiger charge is 2.04. The number of carbonyl (C=O) groups excluding carboxylic acids is 1. The molecule has 2 aromatic rings. The van der Waals surface area contributed by atoms with Crippen LogP contribution in [-0.2, 0) is 4.79 Å². The Morgan fingerprint density at radius 2 is 2.19 bits per heavy atom. The second-order valence-electron chi connectivity index (χ2n) is 4.52. The highest BCUT2D eigenvalue weighted by atomic mass is 19.1. The summed E-state index contributed by atoms with van der Waals surface area (Å²) in [5, 5.41) is 2.75. The molecule has 1 amide bonds. The van der Waals surface area contributed by atoms with Crippen molar-refractivity contribution in [2.75, 3.05) is 5.32 Å². The van der Waals surface area contributed by atoms with E-state index >= 15 is 0 Å². The molecule has 0 bridgehead atoms. The minimum absolute atomic E-state index is 0.139. The van der Waals surface area contributed by atoms with Gasteiger partial charge in [0.1, 0.15) is 11.5 Å². The van der Waals surface area contributed by atoms with Crippen molar-refractivity contribution in [2.45, 2.75) is 19.8 Å². The van der Waals surface area contributed by atoms with Crippen LogP contribution in [0.3, 0.4) is 0 Å². The van der Waals surface area contributed by atoms with Gasteiger partial charge in [-0.2, -0.15) is 0 Å². The molecule has 1 aromatic carbocycles. The maximum Gasteiger partial charge on any atom is 0.225 e. The Morgan fingerprint density at radius 3 is 2.90 bits per heavy atom. The van der Waals surface area contributed by atoms with E-state index < -0.39 is 0 Å². The molecule has 0 aliphatic rings. The lowest BCUT2D eigenvalue weighted by Gasteiger charge is -2.07. The maximum atomic E-state index is 13.0. The van der Waals surface area contributed by atoms with Crippen molar-refractivity contribution in [3.05, 3.63) is 59.7 Å². The first kappa shape index (κ1) is 14.7. The van der Waals surface area contributed by atoms with Gasteiger partial charge in [-0.1, -0.05) is 12.0 Å². The SMILES string of the molecule is Cc1cc(F)ccc1NC(=O)CCC#Cc1ccccn1. The van der Waals surface area contributed by atoms with Gasteiger partial charge in [0, 0.05) is 24.7 Å². The van der Waals surface area contributed by atoms with Gasteiger partial charge in [-0.25, -0.2) is 9.37 Å². The Hall–Kier alpha value is -2.67. The fraction of sp³-hybridized carbons (Fsp3) is 0.176. The predicted molar refractivity (Wildman–Crippen MR) is 80.1 cm³/mol. The van der Waals surface area contributed by atoms with Crippen molar-refractivity contribution in [3.8, 4) is 11.8 Å². The number of carbonyl (C=O) groups is 1. The summed E-state index contributed by atoms with van der Waals surface area (Å²) >= 11 is 0. The first-order valence-corrected chi connectivity index (χ1v) is 6.61. The van der Waals surface area contributed by atoms with Crippen LogP contribution in [0.1, 0.15) is 24.1 Å². The number of hydrogen-bond acceptors (Lipinski definition) is 2. The van der Waals surface area contributed by atoms with Crippen LogP contribution in [0.25, 0.3) is 0 Å². The molecule has 0 aliphatic carbocycles. The molecule has 4 heteroatoms. The van der Waals surface area contributed by atoms with Crippen molar-refractivity contribution in [1.82, 2.24) is 4.98 Å². The standard InChI is InChI=1S/C17H15FN2O/c1-13-12-14(18)9-10-16(13)20-17(21)8-3-2-6-15-7-4-5-11-19-15/h4-5,7,9-12H,3,8H2,1H3,(H,20,21). The molecule has 0 radical (unpaired) electrons. The number of pyridine rings is 1. The Kier molecular flexibility index (Phi) is 5.05. The topological polar surface area (TPSA) is 42.0 Å². The number of aryl methyl sites for hydroxylation is 1. The highest BCUT2D eigenvalue weighted by molar-refractivity contribution is 5.91. The Morgan fingerprint density at radius 1 is 1.33 bits per heavy atom. The number of halogens is 1. The second kappa shape index (κ2) is 7.20. The van der Waals surface area contributed by atoms with Gasteiger partial charge in [0.05, 0.1) is 0 Å². The van der Waals surface area contributed by atoms with Gasteiger partial charge in [0.2, 0.25) is 5.91 Å². The van der Waals surface area contributed by atoms with E-state index in [1.807, 2.05) is 18.2 Å². The average Bonchev–Trinajstić information content (AvgIpc) is 2.48. The average molecular weight is 282 g/mol. The minimum Gasteiger partial charge on any atom is -0.326 e. The summed E-state index contributed by atoms with van der Waals surface area (Å²) in [6.45, 7) is 1.75. The van der Waals surface area contributed by atoms with Gasteiger partial charge in [0.25, 0.3) is 0 Å². The molecule has 0 unspecified atom stereocenters. The summed E-state index contributed by atoms with van der Waals surface area (Å²) in [6, 6.07) is 9.77. The van der Waals surface area contributed by atoms with E-state index in [0.717, 1.165) is 0 Å². The van der Waals surface area contributed by atoms with Crippen LogP contribution in [-0.4, -0.2) is 10.9 Å². The molecule has 2 rings (SSSR count). The molecule has 0 aliphatic heterocycles. The summed E-state index contributed by atoms with van der Waals surface area (Å²) in [4.78, 5) is 15.8. The predicted octanol–water partition coefficient (Wildman–Crippen LogP) is 3.30. The first-order valence-electron chi connectivity index (χ1n) is 6.61. The molecule has 0 atom stereocenters. The van der Waals surface area contributed by atoms with Crippen molar-refractivity contribution < 1.29 is 9.18 Å². The number of aromatic nitrogens is 1. The van der Waals surface area contributed by atoms with Crippen molar-refractivity contribution >= 4 is 11.6 Å². The third-order valence-electron chi connectivity index (χ3n) is 2.82. The van der Waals surface area contributed by atoms with Gasteiger partial charge in [-0.05, 0) is 48.7 Å². The van der Waals surface area contributed by atoms with Gasteiger partial charge in [-0.15, -0.1) is 0 Å². The number of anilines is 1. The first-order chi connectivity index (χ1) is 10.1. The zero-order chi connectivity index (χ0) is 15.1. The normalized spacial score (nSPS) is 9.62. The molecule has 0 fully saturated rings. The number of hydrogen-bond donors (Lipinski definition) is 1. The van der Waals surface area contributed by atoms with Gasteiger partial charge < -0.3 is 5.32 Å². The summed E-state index contributed by atoms with van der Waals surface area (Å²) < 4.78 is 13.0. The number of nitrogens with zero attached hydrogens (tertiary/aromatic N) is 1. The van der Waals surface area contributed by atoms with E-state index in [1.54, 1.807) is 19.2 Å². The van der Waals surface area contributed by atoms with Crippen molar-refractivity contribution in [2.24, 2.45) is 0 Å². The maximum absolute atomic E-state index is 13.0. The molecule has 1 N–H and O–H groups in total. The third kappa shape index (κ3) is 4.73. The molecule has 3 nitrogen and oxygen atoms in total. The molecule has 1 aromatic heterocycles. The van der Waals surface area contributed by atoms with Gasteiger partial charge >= 0.3 is 0 Å². The van der Waals surface area contributed by atoms with Crippen LogP contribution in [0.15, 0.2) is 42.6 Å². The summed E-state index contributed by atoms with van der Waals surface area (Å²) in [7, 11) is 0. The van der Waals surface area contributed by atoms with Gasteiger partial charge in [-0.3, -0.25) is 4.79 Å². The van der Waals surface area contributed by atoms with Crippen LogP contribution >= 0.6 is 0 Å². The minimum atomic E-state index is -0.313. The Bertz CT molecular complexity index is 687. The summed E-state index contributed by atoms with van der Waals surface area (Å²) in [6.07, 6.45) is 2.41. The zero-order valence-corrected chi connectivity index (χ0v) is 11.7. The van der Waals surface area contributed by atoms with Crippen molar-refractivity contribution in [1.29, 1.82) is 0 Å². The lowest BCUT2D eigenvalue weighted by atomic mass is 10.2. The summed E-state index contributed by atoms with van der Waals surface area (Å²) in [5.41, 5.74) is 2.01. The fourth-order valence-corrected chi connectivity index (χ4v) is 1.75. The largest absolute Gasteiger partial charge is 0.326 e. The number of rotatable bonds is 3. The molecule has 21 heavy (non-hydrogen) atoms. The van der Waals surface area contributed by atoms with Crippen molar-refractivity contribution in [3.63, 3.8) is 0 Å². The van der Waals surface area contributed by atoms with Crippen LogP contribution in [0, 0.1) is 24.6 Å². The number of nitrogens with one attached hydrogen (secondary N) is 1. The van der Waals surface area contributed by atoms with E-state index in [1.165, 1.54) is 12.1 Å². The summed E-state index contributed by atoms with van der Waals surface area (Å²) in [5.74, 6) is 5.35. The number of benzene rings is 1. The van der Waals surface area contributed by atoms with E-state index in [4.69, 9.17) is 0 Å². The fourth-order valence-electron chi connectivity index (χ4n) is 1.75. The molecule has 1 heterocycles. The number of amides is 1. The molecular formula is C17H15FN2O. The van der Waals surface area contributed by atoms with E-state index in [9.17, 15) is 9.18 Å². The van der Waals surface area contributed by atoms with Crippen LogP contribution in [0.5, 0.6) is 0 Å². The second-order valence-corrected chi connectivity index (χ2v) is 4.52. The van der Waals surface area contributed by atoms with Gasteiger partial charge in [0.15, 0.2) is 0 Å². The molecule has 0 saturated carbocycles. The van der Waals surface area contributed by atoms with Crippen LogP contribution < -0.4 is 5.32 Å². The van der Waals surface area contributed by atoms with E-state index in [2.05, 4.69) is 22.1 Å². The lowest BCUT2D eigenvalue weighted by molar-refractivity contribution is -0.116. The molecule has 0 saturated heterocycles. The Balaban J connectivity index is 1.84.